The molecule has 15 heavy (non-hydrogen) atoms. The summed E-state index contributed by atoms with van der Waals surface area (Å²) in [6.07, 6.45) is -0.368. The lowest BCUT2D eigenvalue weighted by atomic mass is 10.2. The van der Waals surface area contributed by atoms with Gasteiger partial charge in [-0.15, -0.1) is 0 Å². The molecule has 2 amide bonds. The molecular formula is C9H12N2O4. The van der Waals surface area contributed by atoms with Gasteiger partial charge in [0, 0.05) is 0 Å². The van der Waals surface area contributed by atoms with E-state index >= 15 is 0 Å². The zero-order chi connectivity index (χ0) is 11.3. The third kappa shape index (κ3) is 1.18. The molecular weight excluding hydrogens is 200 g/mol. The second-order valence-corrected chi connectivity index (χ2v) is 3.93. The lowest BCUT2D eigenvalue weighted by Gasteiger charge is -2.24. The Hall–Kier alpha value is -1.43. The molecule has 2 N–H and O–H groups in total. The molecule has 0 spiro atoms. The van der Waals surface area contributed by atoms with Gasteiger partial charge in [0.1, 0.15) is 0 Å². The number of fused-ring (bicyclic) bond motifs is 1. The summed E-state index contributed by atoms with van der Waals surface area (Å²) in [6.45, 7) is 1.69. The van der Waals surface area contributed by atoms with Crippen molar-refractivity contribution in [1.29, 1.82) is 0 Å². The van der Waals surface area contributed by atoms with Crippen molar-refractivity contribution in [2.75, 3.05) is 7.05 Å². The van der Waals surface area contributed by atoms with E-state index in [0.717, 1.165) is 4.90 Å². The monoisotopic (exact) mass is 212 g/mol. The van der Waals surface area contributed by atoms with Crippen LogP contribution in [0.5, 0.6) is 0 Å². The number of amides is 2. The van der Waals surface area contributed by atoms with Crippen molar-refractivity contribution in [1.82, 2.24) is 10.2 Å². The molecule has 6 nitrogen and oxygen atoms in total. The van der Waals surface area contributed by atoms with E-state index in [4.69, 9.17) is 5.11 Å². The predicted octanol–water partition coefficient (Wildman–Crippen LogP) is -1.13. The first-order valence-corrected chi connectivity index (χ1v) is 4.77. The standard InChI is InChI=1S/C9H12N2O4/c1-3(10-2)11-7(12)4-5(8(11)13)6(4)9(14)15/h3-6,10H,1-2H3,(H,14,15). The van der Waals surface area contributed by atoms with Crippen molar-refractivity contribution in [2.45, 2.75) is 13.1 Å². The summed E-state index contributed by atoms with van der Waals surface area (Å²) in [5.74, 6) is -3.80. The van der Waals surface area contributed by atoms with Crippen molar-refractivity contribution in [3.05, 3.63) is 0 Å². The van der Waals surface area contributed by atoms with Gasteiger partial charge < -0.3 is 10.4 Å². The van der Waals surface area contributed by atoms with Crippen LogP contribution >= 0.6 is 0 Å². The number of carboxylic acid groups (broad SMARTS) is 1. The highest BCUT2D eigenvalue weighted by Crippen LogP contribution is 2.53. The van der Waals surface area contributed by atoms with Crippen molar-refractivity contribution in [3.8, 4) is 0 Å². The van der Waals surface area contributed by atoms with Crippen LogP contribution < -0.4 is 5.32 Å². The summed E-state index contributed by atoms with van der Waals surface area (Å²) in [4.78, 5) is 35.1. The van der Waals surface area contributed by atoms with E-state index in [1.165, 1.54) is 0 Å². The molecule has 1 heterocycles. The third-order valence-electron chi connectivity index (χ3n) is 3.16. The van der Waals surface area contributed by atoms with Gasteiger partial charge >= 0.3 is 5.97 Å². The maximum atomic E-state index is 11.7. The Balaban J connectivity index is 2.17. The van der Waals surface area contributed by atoms with E-state index < -0.39 is 23.7 Å². The number of aliphatic carboxylic acids is 1. The fraction of sp³-hybridized carbons (Fsp3) is 0.667. The van der Waals surface area contributed by atoms with Crippen LogP contribution in [0, 0.1) is 17.8 Å². The largest absolute Gasteiger partial charge is 0.481 e. The lowest BCUT2D eigenvalue weighted by Crippen LogP contribution is -2.48. The van der Waals surface area contributed by atoms with Gasteiger partial charge in [-0.3, -0.25) is 19.3 Å². The number of nitrogens with one attached hydrogen (secondary N) is 1. The molecule has 1 aliphatic heterocycles. The van der Waals surface area contributed by atoms with Crippen LogP contribution in [0.2, 0.25) is 0 Å². The Morgan fingerprint density at radius 3 is 2.20 bits per heavy atom. The summed E-state index contributed by atoms with van der Waals surface area (Å²) < 4.78 is 0. The molecule has 6 heteroatoms. The predicted molar refractivity (Wildman–Crippen MR) is 48.5 cm³/mol. The number of carboxylic acids is 1. The van der Waals surface area contributed by atoms with Crippen LogP contribution in [-0.2, 0) is 14.4 Å². The Kier molecular flexibility index (Phi) is 2.04. The topological polar surface area (TPSA) is 86.7 Å². The molecule has 1 saturated carbocycles. The SMILES string of the molecule is CNC(C)N1C(=O)C2C(C(=O)O)C2C1=O. The van der Waals surface area contributed by atoms with E-state index in [9.17, 15) is 14.4 Å². The summed E-state index contributed by atoms with van der Waals surface area (Å²) in [6, 6.07) is 0. The van der Waals surface area contributed by atoms with Crippen molar-refractivity contribution in [3.63, 3.8) is 0 Å². The second-order valence-electron chi connectivity index (χ2n) is 3.93. The number of carbonyl (C=O) groups excluding carboxylic acids is 2. The van der Waals surface area contributed by atoms with Gasteiger partial charge in [-0.25, -0.2) is 0 Å². The van der Waals surface area contributed by atoms with Crippen LogP contribution in [0.1, 0.15) is 6.92 Å². The minimum Gasteiger partial charge on any atom is -0.481 e. The van der Waals surface area contributed by atoms with Gasteiger partial charge in [0.25, 0.3) is 0 Å². The summed E-state index contributed by atoms with van der Waals surface area (Å²) >= 11 is 0. The molecule has 1 aliphatic carbocycles. The number of likely N-dealkylation sites (tertiary alicyclic amines) is 1. The Morgan fingerprint density at radius 2 is 1.87 bits per heavy atom. The lowest BCUT2D eigenvalue weighted by molar-refractivity contribution is -0.150. The zero-order valence-corrected chi connectivity index (χ0v) is 8.43. The number of piperidine rings is 1. The number of hydrogen-bond donors (Lipinski definition) is 2. The van der Waals surface area contributed by atoms with Crippen LogP contribution in [0.4, 0.5) is 0 Å². The van der Waals surface area contributed by atoms with Gasteiger partial charge in [0.15, 0.2) is 0 Å². The van der Waals surface area contributed by atoms with Gasteiger partial charge in [0.2, 0.25) is 11.8 Å². The van der Waals surface area contributed by atoms with Gasteiger partial charge in [-0.2, -0.15) is 0 Å². The number of rotatable bonds is 3. The zero-order valence-electron chi connectivity index (χ0n) is 8.43. The molecule has 1 saturated heterocycles. The molecule has 3 atom stereocenters. The summed E-state index contributed by atoms with van der Waals surface area (Å²) in [7, 11) is 1.64. The number of imide groups is 1. The number of hydrogen-bond acceptors (Lipinski definition) is 4. The molecule has 2 fully saturated rings. The summed E-state index contributed by atoms with van der Waals surface area (Å²) in [5, 5.41) is 11.5. The maximum absolute atomic E-state index is 11.7. The molecule has 0 aromatic heterocycles. The van der Waals surface area contributed by atoms with Crippen LogP contribution in [0.3, 0.4) is 0 Å². The minimum atomic E-state index is -1.05. The molecule has 2 aliphatic rings. The Bertz CT molecular complexity index is 332. The van der Waals surface area contributed by atoms with E-state index in [1.807, 2.05) is 0 Å². The average Bonchev–Trinajstić information content (AvgIpc) is 2.86. The van der Waals surface area contributed by atoms with Crippen LogP contribution in [0.25, 0.3) is 0 Å². The quantitative estimate of drug-likeness (QED) is 0.578. The molecule has 82 valence electrons. The van der Waals surface area contributed by atoms with E-state index in [0.29, 0.717) is 0 Å². The van der Waals surface area contributed by atoms with Crippen molar-refractivity contribution < 1.29 is 19.5 Å². The molecule has 0 radical (unpaired) electrons. The third-order valence-corrected chi connectivity index (χ3v) is 3.16. The van der Waals surface area contributed by atoms with E-state index in [2.05, 4.69) is 5.32 Å². The highest BCUT2D eigenvalue weighted by Gasteiger charge is 2.70. The first-order chi connectivity index (χ1) is 7.00. The smallest absolute Gasteiger partial charge is 0.308 e. The van der Waals surface area contributed by atoms with Gasteiger partial charge in [-0.1, -0.05) is 0 Å². The van der Waals surface area contributed by atoms with Crippen LogP contribution in [0.15, 0.2) is 0 Å². The molecule has 2 rings (SSSR count). The van der Waals surface area contributed by atoms with Gasteiger partial charge in [-0.05, 0) is 14.0 Å². The first kappa shape index (κ1) is 10.1. The number of carbonyl (C=O) groups is 3. The molecule has 3 unspecified atom stereocenters. The highest BCUT2D eigenvalue weighted by molar-refractivity contribution is 6.13. The molecule has 0 bridgehead atoms. The maximum Gasteiger partial charge on any atom is 0.308 e. The fourth-order valence-corrected chi connectivity index (χ4v) is 2.17. The van der Waals surface area contributed by atoms with E-state index in [1.54, 1.807) is 14.0 Å². The van der Waals surface area contributed by atoms with Crippen LogP contribution in [-0.4, -0.2) is 41.0 Å². The van der Waals surface area contributed by atoms with Crippen molar-refractivity contribution in [2.24, 2.45) is 17.8 Å². The minimum absolute atomic E-state index is 0.362. The second kappa shape index (κ2) is 3.03. The van der Waals surface area contributed by atoms with Gasteiger partial charge in [0.05, 0.1) is 23.9 Å². The first-order valence-electron chi connectivity index (χ1n) is 4.77. The van der Waals surface area contributed by atoms with E-state index in [-0.39, 0.29) is 18.0 Å². The number of nitrogens with zero attached hydrogens (tertiary/aromatic N) is 1. The fourth-order valence-electron chi connectivity index (χ4n) is 2.17. The summed E-state index contributed by atoms with van der Waals surface area (Å²) in [5.41, 5.74) is 0. The van der Waals surface area contributed by atoms with Crippen molar-refractivity contribution >= 4 is 17.8 Å². The normalized spacial score (nSPS) is 35.3. The Labute approximate surface area is 86.2 Å². The Morgan fingerprint density at radius 1 is 1.40 bits per heavy atom. The molecule has 0 aromatic rings. The average molecular weight is 212 g/mol. The molecule has 0 aromatic carbocycles. The highest BCUT2D eigenvalue weighted by atomic mass is 16.4.